The predicted molar refractivity (Wildman–Crippen MR) is 220 cm³/mol. The number of phosphoric acid groups is 1. The van der Waals surface area contributed by atoms with Crippen LogP contribution in [0.5, 0.6) is 0 Å². The molecule has 1 unspecified atom stereocenters. The number of allylic oxidation sites excluding steroid dienone is 8. The molecule has 0 aliphatic rings. The van der Waals surface area contributed by atoms with Crippen LogP contribution >= 0.6 is 7.82 Å². The van der Waals surface area contributed by atoms with Gasteiger partial charge in [-0.05, 0) is 57.8 Å². The molecule has 0 fully saturated rings. The number of carboxylic acid groups (broad SMARTS) is 1. The van der Waals surface area contributed by atoms with Gasteiger partial charge in [-0.15, -0.1) is 0 Å². The predicted octanol–water partition coefficient (Wildman–Crippen LogP) is 8.33. The quantitative estimate of drug-likeness (QED) is 0.0131. The fourth-order valence-corrected chi connectivity index (χ4v) is 5.87. The number of ether oxygens (including phenoxy) is 2. The van der Waals surface area contributed by atoms with Crippen molar-refractivity contribution in [3.63, 3.8) is 0 Å². The lowest BCUT2D eigenvalue weighted by Crippen LogP contribution is -2.34. The molecule has 0 spiro atoms. The van der Waals surface area contributed by atoms with Crippen molar-refractivity contribution >= 4 is 25.7 Å². The molecule has 14 heteroatoms. The van der Waals surface area contributed by atoms with Gasteiger partial charge in [0.15, 0.2) is 6.10 Å². The van der Waals surface area contributed by atoms with Gasteiger partial charge in [0, 0.05) is 12.8 Å². The molecule has 6 N–H and O–H groups in total. The summed E-state index contributed by atoms with van der Waals surface area (Å²) in [6, 6.07) is -1.56. The number of aliphatic hydroxyl groups excluding tert-OH is 2. The summed E-state index contributed by atoms with van der Waals surface area (Å²) in [5.41, 5.74) is 5.31. The molecule has 0 heterocycles. The number of hydrogen-bond acceptors (Lipinski definition) is 11. The lowest BCUT2D eigenvalue weighted by Gasteiger charge is -2.20. The molecule has 56 heavy (non-hydrogen) atoms. The van der Waals surface area contributed by atoms with Crippen LogP contribution in [0, 0.1) is 0 Å². The van der Waals surface area contributed by atoms with Crippen LogP contribution in [0.2, 0.25) is 0 Å². The van der Waals surface area contributed by atoms with Crippen molar-refractivity contribution in [3.8, 4) is 0 Å². The van der Waals surface area contributed by atoms with Gasteiger partial charge in [0.2, 0.25) is 0 Å². The molecule has 0 aliphatic heterocycles. The summed E-state index contributed by atoms with van der Waals surface area (Å²) in [5.74, 6) is -2.66. The van der Waals surface area contributed by atoms with Crippen LogP contribution in [0.1, 0.15) is 142 Å². The number of carbonyl (C=O) groups is 3. The molecule has 0 aromatic rings. The van der Waals surface area contributed by atoms with Gasteiger partial charge in [-0.3, -0.25) is 23.4 Å². The van der Waals surface area contributed by atoms with Crippen molar-refractivity contribution in [2.24, 2.45) is 5.73 Å². The van der Waals surface area contributed by atoms with Crippen molar-refractivity contribution < 1.29 is 57.7 Å². The number of phosphoric ester groups is 1. The van der Waals surface area contributed by atoms with Gasteiger partial charge in [0.05, 0.1) is 25.4 Å². The number of carboxylic acids is 1. The number of esters is 2. The summed E-state index contributed by atoms with van der Waals surface area (Å²) < 4.78 is 32.4. The highest BCUT2D eigenvalue weighted by Gasteiger charge is 2.28. The first kappa shape index (κ1) is 53.1. The fourth-order valence-electron chi connectivity index (χ4n) is 5.10. The van der Waals surface area contributed by atoms with Crippen LogP contribution in [0.15, 0.2) is 60.8 Å². The molecule has 0 bridgehead atoms. The number of nitrogens with two attached hydrogens (primary N) is 1. The highest BCUT2D eigenvalue weighted by molar-refractivity contribution is 7.47. The van der Waals surface area contributed by atoms with E-state index in [2.05, 4.69) is 30.5 Å². The summed E-state index contributed by atoms with van der Waals surface area (Å²) in [5, 5.41) is 29.0. The Kier molecular flexibility index (Phi) is 34.6. The van der Waals surface area contributed by atoms with E-state index in [1.165, 1.54) is 25.7 Å². The van der Waals surface area contributed by atoms with E-state index in [0.29, 0.717) is 12.8 Å². The Bertz CT molecular complexity index is 1220. The smallest absolute Gasteiger partial charge is 0.472 e. The van der Waals surface area contributed by atoms with Crippen LogP contribution in [0.4, 0.5) is 0 Å². The molecule has 13 nitrogen and oxygen atoms in total. The summed E-state index contributed by atoms with van der Waals surface area (Å²) in [7, 11) is -4.78. The molecule has 0 aromatic heterocycles. The molecule has 0 saturated heterocycles. The van der Waals surface area contributed by atoms with E-state index in [9.17, 15) is 34.1 Å². The lowest BCUT2D eigenvalue weighted by atomic mass is 10.1. The first-order valence-corrected chi connectivity index (χ1v) is 22.0. The number of aliphatic hydroxyl groups is 2. The van der Waals surface area contributed by atoms with Crippen LogP contribution in [0.25, 0.3) is 0 Å². The number of rotatable bonds is 37. The first-order valence-electron chi connectivity index (χ1n) is 20.5. The minimum atomic E-state index is -4.78. The van der Waals surface area contributed by atoms with Gasteiger partial charge in [-0.2, -0.15) is 0 Å². The van der Waals surface area contributed by atoms with E-state index in [0.717, 1.165) is 64.2 Å². The number of hydrogen-bond donors (Lipinski definition) is 5. The second-order valence-corrected chi connectivity index (χ2v) is 15.3. The highest BCUT2D eigenvalue weighted by Crippen LogP contribution is 2.43. The Hall–Kier alpha value is -2.90. The van der Waals surface area contributed by atoms with E-state index in [1.807, 2.05) is 24.3 Å². The monoisotopic (exact) mass is 813 g/mol. The molecule has 0 aromatic carbocycles. The van der Waals surface area contributed by atoms with Crippen molar-refractivity contribution in [1.82, 2.24) is 0 Å². The molecular weight excluding hydrogens is 741 g/mol. The zero-order valence-electron chi connectivity index (χ0n) is 33.9. The van der Waals surface area contributed by atoms with Crippen LogP contribution < -0.4 is 5.73 Å². The Morgan fingerprint density at radius 1 is 0.643 bits per heavy atom. The van der Waals surface area contributed by atoms with Crippen molar-refractivity contribution in [2.45, 2.75) is 167 Å². The third kappa shape index (κ3) is 35.5. The van der Waals surface area contributed by atoms with E-state index in [4.69, 9.17) is 24.8 Å². The molecule has 0 amide bonds. The highest BCUT2D eigenvalue weighted by atomic mass is 31.2. The van der Waals surface area contributed by atoms with Crippen LogP contribution in [0.3, 0.4) is 0 Å². The van der Waals surface area contributed by atoms with Gasteiger partial charge in [0.25, 0.3) is 0 Å². The first-order chi connectivity index (χ1) is 26.9. The van der Waals surface area contributed by atoms with Crippen LogP contribution in [-0.4, -0.2) is 82.3 Å². The molecule has 0 rings (SSSR count). The SMILES string of the molecule is CCCCCC/C=C\CCCCCCCC(=O)OC[C@H](COP(=O)(O)OC[C@H](N)C(=O)O)OC(=O)CCC[C@H](O)/C=C/C=C\C/C=C\C=C\[C@H](O)CCCCC. The minimum absolute atomic E-state index is 0.0910. The van der Waals surface area contributed by atoms with Gasteiger partial charge >= 0.3 is 25.7 Å². The zero-order valence-corrected chi connectivity index (χ0v) is 34.8. The van der Waals surface area contributed by atoms with Gasteiger partial charge in [0.1, 0.15) is 12.6 Å². The van der Waals surface area contributed by atoms with Crippen molar-refractivity contribution in [3.05, 3.63) is 60.8 Å². The van der Waals surface area contributed by atoms with Gasteiger partial charge < -0.3 is 35.4 Å². The largest absolute Gasteiger partial charge is 0.480 e. The molecule has 0 radical (unpaired) electrons. The van der Waals surface area contributed by atoms with Crippen LogP contribution in [-0.2, 0) is 37.5 Å². The molecule has 322 valence electrons. The standard InChI is InChI=1S/C42H72NO12P/c1-3-5-7-8-9-10-11-12-13-14-18-21-25-31-40(46)52-33-38(34-53-56(50,51)54-35-39(43)42(48)49)55-41(47)32-26-30-37(45)29-24-20-17-15-16-19-23-28-36(44)27-22-6-4-2/h10-11,16-17,19-20,23-24,28-29,36-39,44-45H,3-9,12-15,18,21-22,25-27,30-35,43H2,1-2H3,(H,48,49)(H,50,51)/b11-10-,19-16-,20-17-,28-23+,29-24+/t36-,37-,38-,39+/m1/s1. The van der Waals surface area contributed by atoms with E-state index in [1.54, 1.807) is 24.3 Å². The van der Waals surface area contributed by atoms with Gasteiger partial charge in [-0.1, -0.05) is 132 Å². The fraction of sp³-hybridized carbons (Fsp3) is 0.690. The summed E-state index contributed by atoms with van der Waals surface area (Å²) in [6.07, 6.45) is 33.6. The Labute approximate surface area is 335 Å². The maximum atomic E-state index is 12.6. The lowest BCUT2D eigenvalue weighted by molar-refractivity contribution is -0.161. The van der Waals surface area contributed by atoms with Gasteiger partial charge in [-0.25, -0.2) is 4.57 Å². The number of aliphatic carboxylic acids is 1. The van der Waals surface area contributed by atoms with Crippen molar-refractivity contribution in [2.75, 3.05) is 19.8 Å². The minimum Gasteiger partial charge on any atom is -0.480 e. The molecule has 0 aliphatic carbocycles. The normalized spacial score (nSPS) is 15.5. The Balaban J connectivity index is 4.68. The van der Waals surface area contributed by atoms with E-state index in [-0.39, 0.29) is 25.7 Å². The summed E-state index contributed by atoms with van der Waals surface area (Å²) in [4.78, 5) is 45.9. The molecule has 5 atom stereocenters. The molecule has 0 saturated carbocycles. The third-order valence-electron chi connectivity index (χ3n) is 8.45. The summed E-state index contributed by atoms with van der Waals surface area (Å²) in [6.45, 7) is 2.42. The third-order valence-corrected chi connectivity index (χ3v) is 9.40. The van der Waals surface area contributed by atoms with E-state index >= 15 is 0 Å². The topological polar surface area (TPSA) is 212 Å². The average Bonchev–Trinajstić information content (AvgIpc) is 3.16. The number of carbonyl (C=O) groups excluding carboxylic acids is 2. The second kappa shape index (κ2) is 36.4. The van der Waals surface area contributed by atoms with Crippen molar-refractivity contribution in [1.29, 1.82) is 0 Å². The maximum Gasteiger partial charge on any atom is 0.472 e. The summed E-state index contributed by atoms with van der Waals surface area (Å²) >= 11 is 0. The Morgan fingerprint density at radius 3 is 1.77 bits per heavy atom. The Morgan fingerprint density at radius 2 is 1.16 bits per heavy atom. The molecular formula is C42H72NO12P. The zero-order chi connectivity index (χ0) is 41.7. The van der Waals surface area contributed by atoms with E-state index < -0.39 is 69.9 Å². The maximum absolute atomic E-state index is 12.6. The average molecular weight is 814 g/mol. The second-order valence-electron chi connectivity index (χ2n) is 13.8. The number of unbranched alkanes of at least 4 members (excludes halogenated alkanes) is 11.